The molecule has 4 aromatic rings. The largest absolute Gasteiger partial charge is 0.451 e. The third-order valence-corrected chi connectivity index (χ3v) is 9.66. The van der Waals surface area contributed by atoms with Gasteiger partial charge in [0.1, 0.15) is 5.58 Å². The molecule has 1 aliphatic heterocycles. The lowest BCUT2D eigenvalue weighted by Gasteiger charge is -2.32. The Hall–Kier alpha value is -3.08. The normalized spacial score (nSPS) is 14.8. The van der Waals surface area contributed by atoms with Crippen LogP contribution in [-0.4, -0.2) is 70.4 Å². The van der Waals surface area contributed by atoms with Crippen LogP contribution in [0.3, 0.4) is 0 Å². The average Bonchev–Trinajstić information content (AvgIpc) is 3.29. The van der Waals surface area contributed by atoms with Gasteiger partial charge in [0.05, 0.1) is 17.1 Å². The van der Waals surface area contributed by atoms with Crippen molar-refractivity contribution in [2.24, 2.45) is 0 Å². The minimum atomic E-state index is -3.97. The molecule has 1 N–H and O–H groups in total. The van der Waals surface area contributed by atoms with Crippen molar-refractivity contribution < 1.29 is 17.6 Å². The Kier molecular flexibility index (Phi) is 8.91. The van der Waals surface area contributed by atoms with E-state index in [1.54, 1.807) is 54.6 Å². The molecule has 11 heteroatoms. The van der Waals surface area contributed by atoms with E-state index >= 15 is 0 Å². The van der Waals surface area contributed by atoms with Crippen molar-refractivity contribution in [3.8, 4) is 0 Å². The van der Waals surface area contributed by atoms with Crippen molar-refractivity contribution >= 4 is 55.8 Å². The number of benzene rings is 3. The minimum absolute atomic E-state index is 0.0736. The van der Waals surface area contributed by atoms with Crippen molar-refractivity contribution in [3.05, 3.63) is 93.7 Å². The number of fused-ring (bicyclic) bond motifs is 1. The maximum atomic E-state index is 13.9. The molecule has 1 aliphatic rings. The van der Waals surface area contributed by atoms with Crippen molar-refractivity contribution in [1.29, 1.82) is 0 Å². The second-order valence-electron chi connectivity index (χ2n) is 10.2. The SMILES string of the molecule is Cc1c(C(=O)NCCN2CCN(C)CC2)oc2ccc(N(Cc3ccc(Cl)cc3)S(=O)(=O)c3ccc(Cl)cc3)cc12. The van der Waals surface area contributed by atoms with Gasteiger partial charge in [-0.2, -0.15) is 0 Å². The second kappa shape index (κ2) is 12.4. The van der Waals surface area contributed by atoms with Gasteiger partial charge in [0.25, 0.3) is 15.9 Å². The number of nitrogens with one attached hydrogen (secondary N) is 1. The van der Waals surface area contributed by atoms with Gasteiger partial charge in [-0.25, -0.2) is 8.42 Å². The Morgan fingerprint density at radius 1 is 0.951 bits per heavy atom. The molecule has 0 atom stereocenters. The van der Waals surface area contributed by atoms with Gasteiger partial charge in [-0.3, -0.25) is 14.0 Å². The Bertz CT molecular complexity index is 1630. The Morgan fingerprint density at radius 3 is 2.24 bits per heavy atom. The summed E-state index contributed by atoms with van der Waals surface area (Å²) in [5.74, 6) is -0.0680. The number of hydrogen-bond donors (Lipinski definition) is 1. The van der Waals surface area contributed by atoms with Crippen LogP contribution in [0.2, 0.25) is 10.0 Å². The molecule has 41 heavy (non-hydrogen) atoms. The highest BCUT2D eigenvalue weighted by Crippen LogP contribution is 2.33. The molecule has 0 aliphatic carbocycles. The van der Waals surface area contributed by atoms with E-state index in [0.29, 0.717) is 38.8 Å². The number of halogens is 2. The van der Waals surface area contributed by atoms with E-state index in [9.17, 15) is 13.2 Å². The van der Waals surface area contributed by atoms with Crippen molar-refractivity contribution in [3.63, 3.8) is 0 Å². The maximum Gasteiger partial charge on any atom is 0.287 e. The first-order chi connectivity index (χ1) is 19.6. The van der Waals surface area contributed by atoms with Crippen molar-refractivity contribution in [2.45, 2.75) is 18.4 Å². The number of rotatable bonds is 9. The second-order valence-corrected chi connectivity index (χ2v) is 13.0. The molecule has 8 nitrogen and oxygen atoms in total. The molecule has 0 unspecified atom stereocenters. The Balaban J connectivity index is 1.42. The van der Waals surface area contributed by atoms with E-state index in [2.05, 4.69) is 22.2 Å². The topological polar surface area (TPSA) is 86.1 Å². The Labute approximate surface area is 250 Å². The molecule has 3 aromatic carbocycles. The van der Waals surface area contributed by atoms with Crippen LogP contribution < -0.4 is 9.62 Å². The monoisotopic (exact) mass is 614 g/mol. The first kappa shape index (κ1) is 29.4. The van der Waals surface area contributed by atoms with E-state index in [-0.39, 0.29) is 23.1 Å². The number of aryl methyl sites for hydroxylation is 1. The van der Waals surface area contributed by atoms with Crippen LogP contribution in [0, 0.1) is 6.92 Å². The lowest BCUT2D eigenvalue weighted by atomic mass is 10.1. The number of likely N-dealkylation sites (N-methyl/N-ethyl adjacent to an activating group) is 1. The van der Waals surface area contributed by atoms with Crippen LogP contribution >= 0.6 is 23.2 Å². The van der Waals surface area contributed by atoms with Gasteiger partial charge in [-0.05, 0) is 74.1 Å². The predicted molar refractivity (Wildman–Crippen MR) is 163 cm³/mol. The van der Waals surface area contributed by atoms with E-state index in [0.717, 1.165) is 38.3 Å². The Morgan fingerprint density at radius 2 is 1.59 bits per heavy atom. The molecule has 216 valence electrons. The van der Waals surface area contributed by atoms with Crippen LogP contribution in [0.15, 0.2) is 76.0 Å². The van der Waals surface area contributed by atoms with Gasteiger partial charge < -0.3 is 14.6 Å². The zero-order valence-electron chi connectivity index (χ0n) is 22.9. The fourth-order valence-corrected chi connectivity index (χ4v) is 6.56. The number of nitrogens with zero attached hydrogens (tertiary/aromatic N) is 3. The van der Waals surface area contributed by atoms with Crippen LogP contribution in [0.25, 0.3) is 11.0 Å². The summed E-state index contributed by atoms with van der Waals surface area (Å²) in [5.41, 5.74) is 2.35. The molecule has 1 amide bonds. The van der Waals surface area contributed by atoms with Crippen molar-refractivity contribution in [1.82, 2.24) is 15.1 Å². The summed E-state index contributed by atoms with van der Waals surface area (Å²) in [4.78, 5) is 17.8. The van der Waals surface area contributed by atoms with Gasteiger partial charge >= 0.3 is 0 Å². The third kappa shape index (κ3) is 6.71. The quantitative estimate of drug-likeness (QED) is 0.271. The fourth-order valence-electron chi connectivity index (χ4n) is 4.86. The van der Waals surface area contributed by atoms with Gasteiger partial charge in [0.2, 0.25) is 0 Å². The smallest absolute Gasteiger partial charge is 0.287 e. The summed E-state index contributed by atoms with van der Waals surface area (Å²) in [7, 11) is -1.86. The number of furan rings is 1. The number of carbonyl (C=O) groups excluding carboxylic acids is 1. The first-order valence-corrected chi connectivity index (χ1v) is 15.6. The number of carbonyl (C=O) groups is 1. The van der Waals surface area contributed by atoms with Crippen LogP contribution in [-0.2, 0) is 16.6 Å². The summed E-state index contributed by atoms with van der Waals surface area (Å²) in [6, 6.07) is 18.2. The summed E-state index contributed by atoms with van der Waals surface area (Å²) >= 11 is 12.1. The summed E-state index contributed by atoms with van der Waals surface area (Å²) < 4.78 is 35.0. The van der Waals surface area contributed by atoms with Crippen LogP contribution in [0.1, 0.15) is 21.7 Å². The minimum Gasteiger partial charge on any atom is -0.451 e. The number of piperazine rings is 1. The lowest BCUT2D eigenvalue weighted by Crippen LogP contribution is -2.46. The molecular weight excluding hydrogens is 583 g/mol. The number of amides is 1. The molecule has 1 saturated heterocycles. The molecule has 5 rings (SSSR count). The van der Waals surface area contributed by atoms with E-state index in [1.165, 1.54) is 16.4 Å². The molecule has 0 spiro atoms. The molecule has 0 radical (unpaired) electrons. The first-order valence-electron chi connectivity index (χ1n) is 13.4. The number of sulfonamides is 1. The summed E-state index contributed by atoms with van der Waals surface area (Å²) in [6.07, 6.45) is 0. The molecular formula is C30H32Cl2N4O4S. The fraction of sp³-hybridized carbons (Fsp3) is 0.300. The molecule has 1 aromatic heterocycles. The van der Waals surface area contributed by atoms with Gasteiger partial charge in [-0.1, -0.05) is 35.3 Å². The maximum absolute atomic E-state index is 13.9. The average molecular weight is 616 g/mol. The standard InChI is InChI=1S/C30H32Cl2N4O4S/c1-21-27-19-25(9-12-28(27)40-29(21)30(37)33-13-14-35-17-15-34(2)16-18-35)36(20-22-3-5-23(31)6-4-22)41(38,39)26-10-7-24(32)8-11-26/h3-12,19H,13-18,20H2,1-2H3,(H,33,37). The molecule has 1 fully saturated rings. The number of hydrogen-bond acceptors (Lipinski definition) is 6. The highest BCUT2D eigenvalue weighted by atomic mass is 35.5. The van der Waals surface area contributed by atoms with E-state index in [1.807, 2.05) is 6.92 Å². The number of anilines is 1. The molecule has 0 bridgehead atoms. The van der Waals surface area contributed by atoms with Gasteiger partial charge in [0, 0.05) is 60.3 Å². The summed E-state index contributed by atoms with van der Waals surface area (Å²) in [5, 5.41) is 4.64. The van der Waals surface area contributed by atoms with E-state index < -0.39 is 10.0 Å². The predicted octanol–water partition coefficient (Wildman–Crippen LogP) is 5.42. The van der Waals surface area contributed by atoms with Crippen LogP contribution in [0.5, 0.6) is 0 Å². The van der Waals surface area contributed by atoms with Gasteiger partial charge in [0.15, 0.2) is 5.76 Å². The molecule has 0 saturated carbocycles. The van der Waals surface area contributed by atoms with Gasteiger partial charge in [-0.15, -0.1) is 0 Å². The summed E-state index contributed by atoms with van der Waals surface area (Å²) in [6.45, 7) is 7.15. The molecule has 2 heterocycles. The highest BCUT2D eigenvalue weighted by molar-refractivity contribution is 7.92. The lowest BCUT2D eigenvalue weighted by molar-refractivity contribution is 0.0915. The van der Waals surface area contributed by atoms with Crippen molar-refractivity contribution in [2.75, 3.05) is 50.6 Å². The zero-order chi connectivity index (χ0) is 29.1. The van der Waals surface area contributed by atoms with E-state index in [4.69, 9.17) is 27.6 Å². The van der Waals surface area contributed by atoms with Crippen LogP contribution in [0.4, 0.5) is 5.69 Å². The highest BCUT2D eigenvalue weighted by Gasteiger charge is 2.27. The third-order valence-electron chi connectivity index (χ3n) is 7.36. The zero-order valence-corrected chi connectivity index (χ0v) is 25.3.